The summed E-state index contributed by atoms with van der Waals surface area (Å²) in [6.07, 6.45) is 0.893. The topological polar surface area (TPSA) is 80.4 Å². The molecule has 0 heterocycles. The van der Waals surface area contributed by atoms with Crippen molar-refractivity contribution in [1.29, 1.82) is 0 Å². The van der Waals surface area contributed by atoms with Crippen LogP contribution in [-0.2, 0) is 16.5 Å². The molecule has 0 fully saturated rings. The standard InChI is InChI=1S/C10H15NO3S/c11-10(6-7-15(12,13)14)8-9-4-2-1-3-5-9/h1-5,10H,6-8,11H2,(H,12,13,14)/t10-/m1/s1. The second-order valence-electron chi connectivity index (χ2n) is 3.52. The minimum Gasteiger partial charge on any atom is -0.327 e. The predicted molar refractivity (Wildman–Crippen MR) is 59.2 cm³/mol. The third-order valence-corrected chi connectivity index (χ3v) is 2.84. The fourth-order valence-corrected chi connectivity index (χ4v) is 1.92. The van der Waals surface area contributed by atoms with Gasteiger partial charge in [-0.25, -0.2) is 0 Å². The van der Waals surface area contributed by atoms with Gasteiger partial charge in [0.25, 0.3) is 10.1 Å². The molecule has 0 bridgehead atoms. The van der Waals surface area contributed by atoms with E-state index in [1.54, 1.807) is 0 Å². The average Bonchev–Trinajstić information content (AvgIpc) is 2.15. The summed E-state index contributed by atoms with van der Waals surface area (Å²) in [6, 6.07) is 9.36. The molecule has 0 amide bonds. The van der Waals surface area contributed by atoms with Crippen LogP contribution >= 0.6 is 0 Å². The molecular formula is C10H15NO3S. The average molecular weight is 229 g/mol. The van der Waals surface area contributed by atoms with Crippen LogP contribution in [0.1, 0.15) is 12.0 Å². The molecule has 0 unspecified atom stereocenters. The Bertz CT molecular complexity index is 388. The Morgan fingerprint density at radius 3 is 2.40 bits per heavy atom. The van der Waals surface area contributed by atoms with Crippen molar-refractivity contribution in [3.8, 4) is 0 Å². The van der Waals surface area contributed by atoms with Crippen LogP contribution in [0, 0.1) is 0 Å². The maximum Gasteiger partial charge on any atom is 0.264 e. The first-order chi connectivity index (χ1) is 6.97. The number of benzene rings is 1. The second-order valence-corrected chi connectivity index (χ2v) is 5.10. The molecule has 0 spiro atoms. The molecule has 1 aromatic carbocycles. The van der Waals surface area contributed by atoms with Crippen LogP contribution in [0.4, 0.5) is 0 Å². The molecule has 0 saturated carbocycles. The number of hydrogen-bond donors (Lipinski definition) is 2. The van der Waals surface area contributed by atoms with Gasteiger partial charge >= 0.3 is 0 Å². The summed E-state index contributed by atoms with van der Waals surface area (Å²) >= 11 is 0. The molecule has 4 nitrogen and oxygen atoms in total. The molecule has 84 valence electrons. The largest absolute Gasteiger partial charge is 0.327 e. The fraction of sp³-hybridized carbons (Fsp3) is 0.400. The van der Waals surface area contributed by atoms with E-state index in [1.165, 1.54) is 0 Å². The zero-order chi connectivity index (χ0) is 11.3. The van der Waals surface area contributed by atoms with Crippen molar-refractivity contribution in [2.24, 2.45) is 5.73 Å². The molecule has 0 saturated heterocycles. The van der Waals surface area contributed by atoms with Crippen LogP contribution in [0.3, 0.4) is 0 Å². The highest BCUT2D eigenvalue weighted by Gasteiger charge is 2.09. The van der Waals surface area contributed by atoms with E-state index >= 15 is 0 Å². The molecule has 1 aromatic rings. The summed E-state index contributed by atoms with van der Waals surface area (Å²) in [6.45, 7) is 0. The number of hydrogen-bond acceptors (Lipinski definition) is 3. The van der Waals surface area contributed by atoms with Gasteiger partial charge in [-0.15, -0.1) is 0 Å². The minimum absolute atomic E-state index is 0.241. The summed E-state index contributed by atoms with van der Waals surface area (Å²) < 4.78 is 29.5. The normalized spacial score (nSPS) is 13.7. The van der Waals surface area contributed by atoms with E-state index in [0.29, 0.717) is 6.42 Å². The van der Waals surface area contributed by atoms with Crippen LogP contribution < -0.4 is 5.73 Å². The zero-order valence-corrected chi connectivity index (χ0v) is 9.15. The van der Waals surface area contributed by atoms with Gasteiger partial charge in [-0.1, -0.05) is 30.3 Å². The Morgan fingerprint density at radius 1 is 1.27 bits per heavy atom. The van der Waals surface area contributed by atoms with Crippen molar-refractivity contribution in [3.05, 3.63) is 35.9 Å². The Hall–Kier alpha value is -0.910. The minimum atomic E-state index is -3.89. The Morgan fingerprint density at radius 2 is 1.87 bits per heavy atom. The van der Waals surface area contributed by atoms with Gasteiger partial charge in [0.15, 0.2) is 0 Å². The highest BCUT2D eigenvalue weighted by Crippen LogP contribution is 2.04. The monoisotopic (exact) mass is 229 g/mol. The van der Waals surface area contributed by atoms with E-state index in [9.17, 15) is 8.42 Å². The Kier molecular flexibility index (Phi) is 4.26. The lowest BCUT2D eigenvalue weighted by Crippen LogP contribution is -2.25. The maximum atomic E-state index is 10.5. The van der Waals surface area contributed by atoms with Gasteiger partial charge in [-0.05, 0) is 18.4 Å². The van der Waals surface area contributed by atoms with Crippen LogP contribution in [-0.4, -0.2) is 24.8 Å². The van der Waals surface area contributed by atoms with Crippen molar-refractivity contribution in [1.82, 2.24) is 0 Å². The fourth-order valence-electron chi connectivity index (χ4n) is 1.32. The summed E-state index contributed by atoms with van der Waals surface area (Å²) in [5.41, 5.74) is 6.81. The Balaban J connectivity index is 2.40. The molecule has 1 atom stereocenters. The molecule has 1 rings (SSSR count). The smallest absolute Gasteiger partial charge is 0.264 e. The third-order valence-electron chi connectivity index (χ3n) is 2.09. The van der Waals surface area contributed by atoms with Crippen LogP contribution in [0.5, 0.6) is 0 Å². The SMILES string of the molecule is N[C@H](CCS(=O)(=O)O)Cc1ccccc1. The molecule has 0 aliphatic carbocycles. The van der Waals surface area contributed by atoms with E-state index in [1.807, 2.05) is 30.3 Å². The summed E-state index contributed by atoms with van der Waals surface area (Å²) in [4.78, 5) is 0. The first kappa shape index (κ1) is 12.2. The van der Waals surface area contributed by atoms with Gasteiger partial charge in [0.2, 0.25) is 0 Å². The number of nitrogens with two attached hydrogens (primary N) is 1. The van der Waals surface area contributed by atoms with Gasteiger partial charge in [0.1, 0.15) is 0 Å². The number of rotatable bonds is 5. The third kappa shape index (κ3) is 5.51. The molecule has 0 aromatic heterocycles. The van der Waals surface area contributed by atoms with E-state index in [4.69, 9.17) is 10.3 Å². The Labute approximate surface area is 89.9 Å². The van der Waals surface area contributed by atoms with Crippen LogP contribution in [0.2, 0.25) is 0 Å². The van der Waals surface area contributed by atoms with Crippen molar-refractivity contribution in [2.75, 3.05) is 5.75 Å². The van der Waals surface area contributed by atoms with Gasteiger partial charge in [0, 0.05) is 6.04 Å². The first-order valence-corrected chi connectivity index (χ1v) is 6.33. The predicted octanol–water partition coefficient (Wildman–Crippen LogP) is 0.834. The summed E-state index contributed by atoms with van der Waals surface area (Å²) in [7, 11) is -3.89. The second kappa shape index (κ2) is 5.25. The quantitative estimate of drug-likeness (QED) is 0.733. The lowest BCUT2D eigenvalue weighted by molar-refractivity contribution is 0.476. The zero-order valence-electron chi connectivity index (χ0n) is 8.33. The first-order valence-electron chi connectivity index (χ1n) is 4.72. The van der Waals surface area contributed by atoms with Crippen molar-refractivity contribution in [2.45, 2.75) is 18.9 Å². The maximum absolute atomic E-state index is 10.5. The molecule has 0 aliphatic rings. The van der Waals surface area contributed by atoms with Gasteiger partial charge in [-0.2, -0.15) is 8.42 Å². The van der Waals surface area contributed by atoms with E-state index in [2.05, 4.69) is 0 Å². The lowest BCUT2D eigenvalue weighted by Gasteiger charge is -2.10. The van der Waals surface area contributed by atoms with Crippen molar-refractivity contribution in [3.63, 3.8) is 0 Å². The van der Waals surface area contributed by atoms with Crippen molar-refractivity contribution >= 4 is 10.1 Å². The van der Waals surface area contributed by atoms with Gasteiger partial charge in [-0.3, -0.25) is 4.55 Å². The van der Waals surface area contributed by atoms with Gasteiger partial charge < -0.3 is 5.73 Å². The summed E-state index contributed by atoms with van der Waals surface area (Å²) in [5.74, 6) is -0.277. The van der Waals surface area contributed by atoms with E-state index in [0.717, 1.165) is 5.56 Å². The van der Waals surface area contributed by atoms with E-state index in [-0.39, 0.29) is 18.2 Å². The molecule has 15 heavy (non-hydrogen) atoms. The highest BCUT2D eigenvalue weighted by molar-refractivity contribution is 7.85. The van der Waals surface area contributed by atoms with Crippen molar-refractivity contribution < 1.29 is 13.0 Å². The highest BCUT2D eigenvalue weighted by atomic mass is 32.2. The molecular weight excluding hydrogens is 214 g/mol. The van der Waals surface area contributed by atoms with Gasteiger partial charge in [0.05, 0.1) is 5.75 Å². The molecule has 0 radical (unpaired) electrons. The molecule has 5 heteroatoms. The lowest BCUT2D eigenvalue weighted by atomic mass is 10.1. The summed E-state index contributed by atoms with van der Waals surface area (Å²) in [5, 5.41) is 0. The van der Waals surface area contributed by atoms with E-state index < -0.39 is 10.1 Å². The van der Waals surface area contributed by atoms with Crippen LogP contribution in [0.15, 0.2) is 30.3 Å². The molecule has 3 N–H and O–H groups in total. The molecule has 0 aliphatic heterocycles. The van der Waals surface area contributed by atoms with Crippen LogP contribution in [0.25, 0.3) is 0 Å².